The van der Waals surface area contributed by atoms with Gasteiger partial charge in [0.2, 0.25) is 5.91 Å². The van der Waals surface area contributed by atoms with E-state index in [4.69, 9.17) is 14.2 Å². The second kappa shape index (κ2) is 49.8. The van der Waals surface area contributed by atoms with Crippen molar-refractivity contribution in [1.29, 1.82) is 0 Å². The Morgan fingerprint density at radius 2 is 0.972 bits per heavy atom. The second-order valence-corrected chi connectivity index (χ2v) is 20.3. The number of unbranched alkanes of at least 4 members (excludes halogenated alkanes) is 30. The number of aliphatic hydroxyl groups excluding tert-OH is 5. The minimum absolute atomic E-state index is 0.0211. The van der Waals surface area contributed by atoms with Crippen molar-refractivity contribution in [1.82, 2.24) is 5.32 Å². The molecule has 0 spiro atoms. The molecule has 71 heavy (non-hydrogen) atoms. The Labute approximate surface area is 434 Å². The zero-order chi connectivity index (χ0) is 51.7. The Bertz CT molecular complexity index is 1320. The van der Waals surface area contributed by atoms with Crippen LogP contribution in [0.3, 0.4) is 0 Å². The molecule has 0 aromatic heterocycles. The topological polar surface area (TPSA) is 175 Å². The van der Waals surface area contributed by atoms with E-state index in [1.807, 2.05) is 6.08 Å². The summed E-state index contributed by atoms with van der Waals surface area (Å²) in [5.74, 6) is -0.214. The van der Waals surface area contributed by atoms with Gasteiger partial charge in [-0.25, -0.2) is 0 Å². The molecular formula is C60H109NO10. The van der Waals surface area contributed by atoms with Crippen molar-refractivity contribution in [2.24, 2.45) is 0 Å². The van der Waals surface area contributed by atoms with Gasteiger partial charge in [0.05, 0.1) is 32.0 Å². The molecule has 1 saturated heterocycles. The molecule has 0 aliphatic carbocycles. The van der Waals surface area contributed by atoms with Crippen molar-refractivity contribution >= 4 is 11.9 Å². The van der Waals surface area contributed by atoms with Gasteiger partial charge in [-0.15, -0.1) is 0 Å². The normalized spacial score (nSPS) is 19.5. The minimum atomic E-state index is -1.57. The summed E-state index contributed by atoms with van der Waals surface area (Å²) in [5, 5.41) is 54.2. The first kappa shape index (κ1) is 66.6. The van der Waals surface area contributed by atoms with Gasteiger partial charge >= 0.3 is 5.97 Å². The number of hydrogen-bond acceptors (Lipinski definition) is 10. The van der Waals surface area contributed by atoms with E-state index in [9.17, 15) is 35.1 Å². The van der Waals surface area contributed by atoms with E-state index in [2.05, 4.69) is 55.6 Å². The van der Waals surface area contributed by atoms with Crippen LogP contribution in [-0.4, -0.2) is 100 Å². The number of nitrogens with one attached hydrogen (secondary N) is 1. The van der Waals surface area contributed by atoms with Gasteiger partial charge in [0.15, 0.2) is 6.29 Å². The van der Waals surface area contributed by atoms with Gasteiger partial charge in [-0.3, -0.25) is 9.59 Å². The minimum Gasteiger partial charge on any atom is -0.466 e. The molecule has 6 N–H and O–H groups in total. The molecule has 0 aromatic rings. The van der Waals surface area contributed by atoms with Crippen LogP contribution in [0.4, 0.5) is 0 Å². The number of amides is 1. The quantitative estimate of drug-likeness (QED) is 0.0195. The number of allylic oxidation sites excluding steroid dienone is 7. The Morgan fingerprint density at radius 1 is 0.521 bits per heavy atom. The molecule has 0 radical (unpaired) electrons. The lowest BCUT2D eigenvalue weighted by Crippen LogP contribution is -2.60. The van der Waals surface area contributed by atoms with Crippen LogP contribution in [0.25, 0.3) is 0 Å². The summed E-state index contributed by atoms with van der Waals surface area (Å²) in [4.78, 5) is 25.0. The Balaban J connectivity index is 2.03. The molecule has 11 nitrogen and oxygen atoms in total. The van der Waals surface area contributed by atoms with Crippen LogP contribution >= 0.6 is 0 Å². The lowest BCUT2D eigenvalue weighted by molar-refractivity contribution is -0.302. The number of aliphatic hydroxyl groups is 5. The molecule has 1 fully saturated rings. The molecule has 7 atom stereocenters. The fourth-order valence-corrected chi connectivity index (χ4v) is 8.94. The molecule has 414 valence electrons. The lowest BCUT2D eigenvalue weighted by Gasteiger charge is -2.40. The third-order valence-electron chi connectivity index (χ3n) is 13.6. The first-order valence-corrected chi connectivity index (χ1v) is 29.4. The number of ether oxygens (including phenoxy) is 3. The number of carbonyl (C=O) groups is 2. The molecule has 1 rings (SSSR count). The third-order valence-corrected chi connectivity index (χ3v) is 13.6. The number of carbonyl (C=O) groups excluding carboxylic acids is 2. The summed E-state index contributed by atoms with van der Waals surface area (Å²) < 4.78 is 16.7. The van der Waals surface area contributed by atoms with Gasteiger partial charge in [0.25, 0.3) is 0 Å². The smallest absolute Gasteiger partial charge is 0.305 e. The first-order valence-electron chi connectivity index (χ1n) is 29.4. The molecule has 7 unspecified atom stereocenters. The summed E-state index contributed by atoms with van der Waals surface area (Å²) >= 11 is 0. The summed E-state index contributed by atoms with van der Waals surface area (Å²) in [6, 6.07) is -0.815. The highest BCUT2D eigenvalue weighted by Gasteiger charge is 2.44. The molecule has 1 aliphatic heterocycles. The van der Waals surface area contributed by atoms with E-state index in [0.29, 0.717) is 19.4 Å². The van der Waals surface area contributed by atoms with Gasteiger partial charge < -0.3 is 45.1 Å². The van der Waals surface area contributed by atoms with E-state index >= 15 is 0 Å². The van der Waals surface area contributed by atoms with Crippen LogP contribution in [0.2, 0.25) is 0 Å². The Hall–Kier alpha value is -2.38. The summed E-state index contributed by atoms with van der Waals surface area (Å²) in [5.41, 5.74) is 0. The standard InChI is InChI=1S/C60H109NO10/c1-3-5-7-9-11-13-14-24-28-32-36-40-44-48-56(65)69-49-45-41-37-33-29-26-23-21-19-17-15-16-18-20-22-25-27-31-35-39-43-47-55(64)61-52(53(63)46-42-38-34-30-12-10-8-6-4-2)51-70-60-59(68)58(67)57(66)54(50-62)71-60/h7,9,13-14,16,18,42,46,52-54,57-60,62-63,66-68H,3-6,8,10-12,15,17,19-41,43-45,47-51H2,1-2H3,(H,61,64)/b9-7-,14-13-,18-16-,46-42+. The van der Waals surface area contributed by atoms with Crippen molar-refractivity contribution < 1.29 is 49.3 Å². The average Bonchev–Trinajstić information content (AvgIpc) is 3.37. The van der Waals surface area contributed by atoms with Gasteiger partial charge in [0, 0.05) is 12.8 Å². The highest BCUT2D eigenvalue weighted by Crippen LogP contribution is 2.23. The highest BCUT2D eigenvalue weighted by molar-refractivity contribution is 5.76. The molecule has 1 heterocycles. The maximum atomic E-state index is 13.0. The summed E-state index contributed by atoms with van der Waals surface area (Å²) in [6.45, 7) is 4.23. The van der Waals surface area contributed by atoms with Crippen molar-refractivity contribution in [3.8, 4) is 0 Å². The van der Waals surface area contributed by atoms with E-state index in [-0.39, 0.29) is 18.5 Å². The second-order valence-electron chi connectivity index (χ2n) is 20.3. The molecule has 0 saturated carbocycles. The maximum absolute atomic E-state index is 13.0. The largest absolute Gasteiger partial charge is 0.466 e. The lowest BCUT2D eigenvalue weighted by atomic mass is 9.99. The van der Waals surface area contributed by atoms with Crippen LogP contribution in [0.1, 0.15) is 258 Å². The number of esters is 1. The molecule has 1 amide bonds. The van der Waals surface area contributed by atoms with Crippen LogP contribution < -0.4 is 5.32 Å². The SMILES string of the molecule is CCC/C=C\C/C=C\CCCCCCCC(=O)OCCCCCCCCCCCC/C=C\CCCCCCCCCC(=O)NC(COC1OC(CO)C(O)C(O)C1O)C(O)/C=C/CCCCCCCCC. The van der Waals surface area contributed by atoms with E-state index < -0.39 is 49.5 Å². The molecule has 11 heteroatoms. The number of hydrogen-bond donors (Lipinski definition) is 6. The van der Waals surface area contributed by atoms with Crippen LogP contribution in [0, 0.1) is 0 Å². The van der Waals surface area contributed by atoms with E-state index in [1.165, 1.54) is 141 Å². The van der Waals surface area contributed by atoms with Crippen LogP contribution in [-0.2, 0) is 23.8 Å². The zero-order valence-corrected chi connectivity index (χ0v) is 45.4. The van der Waals surface area contributed by atoms with Crippen molar-refractivity contribution in [2.45, 2.75) is 301 Å². The predicted octanol–water partition coefficient (Wildman–Crippen LogP) is 13.3. The van der Waals surface area contributed by atoms with Gasteiger partial charge in [0.1, 0.15) is 24.4 Å². The van der Waals surface area contributed by atoms with Gasteiger partial charge in [-0.05, 0) is 83.5 Å². The average molecular weight is 1000 g/mol. The third kappa shape index (κ3) is 39.7. The molecule has 1 aliphatic rings. The predicted molar refractivity (Wildman–Crippen MR) is 292 cm³/mol. The van der Waals surface area contributed by atoms with Crippen molar-refractivity contribution in [3.63, 3.8) is 0 Å². The fraction of sp³-hybridized carbons (Fsp3) is 0.833. The zero-order valence-electron chi connectivity index (χ0n) is 45.4. The van der Waals surface area contributed by atoms with E-state index in [1.54, 1.807) is 6.08 Å². The molecular weight excluding hydrogens is 895 g/mol. The molecule has 0 aromatic carbocycles. The Kier molecular flexibility index (Phi) is 46.7. The molecule has 0 bridgehead atoms. The summed E-state index contributed by atoms with van der Waals surface area (Å²) in [7, 11) is 0. The highest BCUT2D eigenvalue weighted by atomic mass is 16.7. The van der Waals surface area contributed by atoms with Crippen LogP contribution in [0.5, 0.6) is 0 Å². The first-order chi connectivity index (χ1) is 34.7. The summed E-state index contributed by atoms with van der Waals surface area (Å²) in [6.07, 6.45) is 52.1. The van der Waals surface area contributed by atoms with E-state index in [0.717, 1.165) is 89.9 Å². The van der Waals surface area contributed by atoms with Crippen LogP contribution in [0.15, 0.2) is 48.6 Å². The maximum Gasteiger partial charge on any atom is 0.305 e. The fourth-order valence-electron chi connectivity index (χ4n) is 8.94. The van der Waals surface area contributed by atoms with Gasteiger partial charge in [-0.1, -0.05) is 210 Å². The van der Waals surface area contributed by atoms with Crippen molar-refractivity contribution in [2.75, 3.05) is 19.8 Å². The number of rotatable bonds is 50. The van der Waals surface area contributed by atoms with Crippen molar-refractivity contribution in [3.05, 3.63) is 48.6 Å². The Morgan fingerprint density at radius 3 is 1.49 bits per heavy atom. The monoisotopic (exact) mass is 1000 g/mol. The van der Waals surface area contributed by atoms with Gasteiger partial charge in [-0.2, -0.15) is 0 Å².